The molecule has 0 aliphatic rings. The molecule has 0 spiro atoms. The monoisotopic (exact) mass is 495 g/mol. The second-order valence-electron chi connectivity index (χ2n) is 7.50. The molecule has 0 saturated carbocycles. The van der Waals surface area contributed by atoms with Gasteiger partial charge in [0.2, 0.25) is 17.7 Å². The first-order valence-electron chi connectivity index (χ1n) is 10.7. The van der Waals surface area contributed by atoms with Gasteiger partial charge in [0, 0.05) is 37.5 Å². The van der Waals surface area contributed by atoms with Crippen LogP contribution in [0.5, 0.6) is 0 Å². The molecule has 3 aromatic carbocycles. The van der Waals surface area contributed by atoms with E-state index in [1.54, 1.807) is 14.2 Å². The molecule has 0 N–H and O–H groups in total. The summed E-state index contributed by atoms with van der Waals surface area (Å²) in [5, 5.41) is 0. The number of hydrogen-bond donors (Lipinski definition) is 0. The second-order valence-corrected chi connectivity index (χ2v) is 8.26. The first-order valence-corrected chi connectivity index (χ1v) is 11.9. The van der Waals surface area contributed by atoms with E-state index in [0.29, 0.717) is 6.54 Å². The van der Waals surface area contributed by atoms with Gasteiger partial charge in [0.1, 0.15) is 0 Å². The molecule has 0 fully saturated rings. The maximum absolute atomic E-state index is 8.49. The fourth-order valence-electron chi connectivity index (χ4n) is 3.71. The van der Waals surface area contributed by atoms with Crippen LogP contribution in [0.3, 0.4) is 0 Å². The predicted molar refractivity (Wildman–Crippen MR) is 121 cm³/mol. The van der Waals surface area contributed by atoms with E-state index in [0.717, 1.165) is 22.5 Å². The number of benzene rings is 3. The molecule has 8 heteroatoms. The largest absolute Gasteiger partial charge is 0.350 e. The van der Waals surface area contributed by atoms with Crippen molar-refractivity contribution in [2.45, 2.75) is 12.8 Å². The molecule has 0 saturated heterocycles. The van der Waals surface area contributed by atoms with Crippen LogP contribution in [0.25, 0.3) is 33.6 Å². The van der Waals surface area contributed by atoms with Gasteiger partial charge in [-0.3, -0.25) is 0 Å². The first-order chi connectivity index (χ1) is 16.8. The molecule has 1 heterocycles. The van der Waals surface area contributed by atoms with Gasteiger partial charge >= 0.3 is 0 Å². The molecule has 1 aromatic heterocycles. The SMILES string of the molecule is COC(C[n+]1c(-c2ccccc2)cc(-c2ccccc2)cc1-c1ccccc1)OC.[O-][Cl+3]([O-])([O-])[O-]. The lowest BCUT2D eigenvalue weighted by molar-refractivity contribution is -2.00. The number of hydrogen-bond acceptors (Lipinski definition) is 6. The van der Waals surface area contributed by atoms with Gasteiger partial charge in [-0.05, 0) is 35.4 Å². The molecule has 4 rings (SSSR count). The summed E-state index contributed by atoms with van der Waals surface area (Å²) in [5.74, 6) is 0. The van der Waals surface area contributed by atoms with Crippen molar-refractivity contribution in [2.24, 2.45) is 0 Å². The molecular formula is C27H26ClNO6. The number of halogens is 1. The molecule has 182 valence electrons. The van der Waals surface area contributed by atoms with E-state index in [1.165, 1.54) is 11.1 Å². The standard InChI is InChI=1S/C27H26NO2.ClHO4/c1-29-27(30-2)20-28-25(22-14-8-4-9-15-22)18-24(21-12-6-3-7-13-21)19-26(28)23-16-10-5-11-17-23;2-1(3,4)5/h3-19,27H,20H2,1-2H3;(H,2,3,4,5)/q+1;/p-1. The Morgan fingerprint density at radius 3 is 1.29 bits per heavy atom. The lowest BCUT2D eigenvalue weighted by Crippen LogP contribution is -2.68. The maximum Gasteiger partial charge on any atom is 0.217 e. The summed E-state index contributed by atoms with van der Waals surface area (Å²) in [7, 11) is -1.59. The zero-order chi connectivity index (χ0) is 25.3. The van der Waals surface area contributed by atoms with Crippen LogP contribution < -0.4 is 23.2 Å². The summed E-state index contributed by atoms with van der Waals surface area (Å²) in [4.78, 5) is 0. The molecule has 0 aliphatic heterocycles. The van der Waals surface area contributed by atoms with Gasteiger partial charge in [-0.25, -0.2) is 18.6 Å². The van der Waals surface area contributed by atoms with Crippen molar-refractivity contribution in [1.29, 1.82) is 0 Å². The molecule has 0 atom stereocenters. The van der Waals surface area contributed by atoms with Crippen molar-refractivity contribution < 1.29 is 42.9 Å². The topological polar surface area (TPSA) is 115 Å². The van der Waals surface area contributed by atoms with Crippen LogP contribution >= 0.6 is 0 Å². The van der Waals surface area contributed by atoms with Gasteiger partial charge < -0.3 is 9.47 Å². The van der Waals surface area contributed by atoms with E-state index in [2.05, 4.69) is 89.5 Å². The number of pyridine rings is 1. The van der Waals surface area contributed by atoms with Crippen molar-refractivity contribution in [1.82, 2.24) is 0 Å². The highest BCUT2D eigenvalue weighted by atomic mass is 35.7. The van der Waals surface area contributed by atoms with Gasteiger partial charge in [-0.15, -0.1) is 10.2 Å². The molecule has 0 radical (unpaired) electrons. The van der Waals surface area contributed by atoms with Crippen molar-refractivity contribution in [2.75, 3.05) is 14.2 Å². The van der Waals surface area contributed by atoms with Crippen molar-refractivity contribution in [3.8, 4) is 33.6 Å². The third-order valence-electron chi connectivity index (χ3n) is 5.27. The van der Waals surface area contributed by atoms with Crippen LogP contribution in [0, 0.1) is 10.2 Å². The number of ether oxygens (including phenoxy) is 2. The van der Waals surface area contributed by atoms with Gasteiger partial charge in [-0.1, -0.05) is 66.7 Å². The summed E-state index contributed by atoms with van der Waals surface area (Å²) in [6, 6.07) is 35.9. The highest BCUT2D eigenvalue weighted by molar-refractivity contribution is 5.73. The van der Waals surface area contributed by atoms with Gasteiger partial charge in [0.25, 0.3) is 0 Å². The van der Waals surface area contributed by atoms with E-state index < -0.39 is 10.2 Å². The molecule has 7 nitrogen and oxygen atoms in total. The Kier molecular flexibility index (Phi) is 9.47. The minimum absolute atomic E-state index is 0.345. The Morgan fingerprint density at radius 1 is 0.600 bits per heavy atom. The van der Waals surface area contributed by atoms with Gasteiger partial charge in [0.05, 0.1) is 0 Å². The number of rotatable bonds is 7. The molecule has 0 unspecified atom stereocenters. The summed E-state index contributed by atoms with van der Waals surface area (Å²) in [6.45, 7) is 0.580. The Bertz CT molecular complexity index is 1110. The van der Waals surface area contributed by atoms with E-state index in [1.807, 2.05) is 18.2 Å². The normalized spacial score (nSPS) is 11.2. The van der Waals surface area contributed by atoms with Crippen LogP contribution in [0.4, 0.5) is 0 Å². The van der Waals surface area contributed by atoms with Gasteiger partial charge in [-0.2, -0.15) is 4.57 Å². The lowest BCUT2D eigenvalue weighted by atomic mass is 9.99. The highest BCUT2D eigenvalue weighted by Crippen LogP contribution is 2.29. The average molecular weight is 496 g/mol. The lowest BCUT2D eigenvalue weighted by Gasteiger charge is -2.17. The maximum atomic E-state index is 8.49. The van der Waals surface area contributed by atoms with E-state index >= 15 is 0 Å². The quantitative estimate of drug-likeness (QED) is 0.277. The average Bonchev–Trinajstić information content (AvgIpc) is 2.87. The fourth-order valence-corrected chi connectivity index (χ4v) is 3.71. The molecule has 0 aliphatic carbocycles. The van der Waals surface area contributed by atoms with Crippen LogP contribution in [-0.2, 0) is 16.0 Å². The highest BCUT2D eigenvalue weighted by Gasteiger charge is 2.25. The van der Waals surface area contributed by atoms with Crippen molar-refractivity contribution in [3.63, 3.8) is 0 Å². The Hall–Kier alpha value is -3.14. The smallest absolute Gasteiger partial charge is 0.217 e. The summed E-state index contributed by atoms with van der Waals surface area (Å²) >= 11 is 0. The van der Waals surface area contributed by atoms with E-state index in [4.69, 9.17) is 28.1 Å². The molecule has 35 heavy (non-hydrogen) atoms. The molecule has 0 bridgehead atoms. The zero-order valence-corrected chi connectivity index (χ0v) is 20.1. The molecular weight excluding hydrogens is 470 g/mol. The Morgan fingerprint density at radius 2 is 0.943 bits per heavy atom. The van der Waals surface area contributed by atoms with Gasteiger partial charge in [0.15, 0.2) is 6.54 Å². The van der Waals surface area contributed by atoms with Crippen molar-refractivity contribution >= 4 is 0 Å². The van der Waals surface area contributed by atoms with E-state index in [-0.39, 0.29) is 6.29 Å². The van der Waals surface area contributed by atoms with Crippen molar-refractivity contribution in [3.05, 3.63) is 103 Å². The number of aromatic nitrogens is 1. The molecule has 0 amide bonds. The van der Waals surface area contributed by atoms with Crippen LogP contribution in [0.1, 0.15) is 0 Å². The summed E-state index contributed by atoms with van der Waals surface area (Å²) in [5.41, 5.74) is 6.91. The summed E-state index contributed by atoms with van der Waals surface area (Å²) in [6.07, 6.45) is -0.345. The Labute approximate surface area is 206 Å². The minimum atomic E-state index is -4.94. The number of nitrogens with zero attached hydrogens (tertiary/aromatic N) is 1. The number of methoxy groups -OCH3 is 2. The fraction of sp³-hybridized carbons (Fsp3) is 0.148. The second kappa shape index (κ2) is 12.5. The Balaban J connectivity index is 0.000000623. The van der Waals surface area contributed by atoms with Crippen LogP contribution in [0.2, 0.25) is 0 Å². The third kappa shape index (κ3) is 7.95. The summed E-state index contributed by atoms with van der Waals surface area (Å²) < 4.78 is 47.4. The molecule has 4 aromatic rings. The zero-order valence-electron chi connectivity index (χ0n) is 19.4. The van der Waals surface area contributed by atoms with Crippen LogP contribution in [-0.4, -0.2) is 20.5 Å². The van der Waals surface area contributed by atoms with Crippen LogP contribution in [0.15, 0.2) is 103 Å². The minimum Gasteiger partial charge on any atom is -0.350 e. The first kappa shape index (κ1) is 26.5. The third-order valence-corrected chi connectivity index (χ3v) is 5.27. The predicted octanol–water partition coefficient (Wildman–Crippen LogP) is 0.838. The van der Waals surface area contributed by atoms with E-state index in [9.17, 15) is 0 Å².